The molecule has 0 bridgehead atoms. The maximum absolute atomic E-state index is 7.51. The predicted molar refractivity (Wildman–Crippen MR) is 19.3 cm³/mol. The van der Waals surface area contributed by atoms with Crippen LogP contribution in [0.4, 0.5) is 0 Å². The van der Waals surface area contributed by atoms with E-state index in [0.29, 0.717) is 0 Å². The van der Waals surface area contributed by atoms with E-state index in [2.05, 4.69) is 0 Å². The van der Waals surface area contributed by atoms with Gasteiger partial charge in [0.1, 0.15) is 6.73 Å². The largest absolute Gasteiger partial charge is 0.379 e. The zero-order valence-corrected chi connectivity index (χ0v) is 3.33. The molecule has 0 amide bonds. The van der Waals surface area contributed by atoms with E-state index in [-0.39, 0.29) is 19.1 Å². The molecule has 3 N–H and O–H groups in total. The fourth-order valence-corrected chi connectivity index (χ4v) is 0. The van der Waals surface area contributed by atoms with Crippen molar-refractivity contribution in [3.05, 3.63) is 0 Å². The lowest BCUT2D eigenvalue weighted by Gasteiger charge is -1.75. The van der Waals surface area contributed by atoms with Gasteiger partial charge in [-0.05, 0) is 0 Å². The highest BCUT2D eigenvalue weighted by Gasteiger charge is 1.52. The van der Waals surface area contributed by atoms with Gasteiger partial charge in [-0.25, -0.2) is 0 Å². The molecule has 0 heterocycles. The van der Waals surface area contributed by atoms with Crippen molar-refractivity contribution in [3.8, 4) is 0 Å². The van der Waals surface area contributed by atoms with Gasteiger partial charge in [0.25, 0.3) is 0 Å². The van der Waals surface area contributed by atoms with Crippen LogP contribution in [0, 0.1) is 0 Å². The van der Waals surface area contributed by atoms with Crippen LogP contribution >= 0.6 is 12.4 Å². The topological polar surface area (TPSA) is 52.5 Å². The van der Waals surface area contributed by atoms with Crippen molar-refractivity contribution < 1.29 is 10.3 Å². The van der Waals surface area contributed by atoms with Gasteiger partial charge < -0.3 is 10.3 Å². The summed E-state index contributed by atoms with van der Waals surface area (Å²) in [5.41, 5.74) is 1.49. The third-order valence-corrected chi connectivity index (χ3v) is 0.0707. The Morgan fingerprint density at radius 2 is 1.80 bits per heavy atom. The molecule has 0 fully saturated rings. The molecule has 0 aromatic carbocycles. The Hall–Kier alpha value is 0.170. The summed E-state index contributed by atoms with van der Waals surface area (Å²) in [4.78, 5) is 0. The second-order valence-corrected chi connectivity index (χ2v) is 0.316. The Balaban J connectivity index is 0. The molecule has 0 spiro atoms. The highest BCUT2D eigenvalue weighted by atomic mass is 35.5. The molecule has 0 saturated carbocycles. The molecule has 4 heteroatoms. The van der Waals surface area contributed by atoms with Gasteiger partial charge in [0.2, 0.25) is 0 Å². The Morgan fingerprint density at radius 1 is 1.60 bits per heavy atom. The van der Waals surface area contributed by atoms with Gasteiger partial charge in [0.05, 0.1) is 0 Å². The van der Waals surface area contributed by atoms with Crippen molar-refractivity contribution in [1.29, 1.82) is 0 Å². The third-order valence-electron chi connectivity index (χ3n) is 0.0707. The second-order valence-electron chi connectivity index (χ2n) is 0.316. The summed E-state index contributed by atoms with van der Waals surface area (Å²) in [5, 5.41) is 14.9. The van der Waals surface area contributed by atoms with Crippen molar-refractivity contribution in [2.24, 2.45) is 0 Å². The standard InChI is InChI=1S/CH5NO2.ClH/c3-1-2-4;/h2-4H,1H2;1H. The van der Waals surface area contributed by atoms with Crippen LogP contribution in [0.3, 0.4) is 0 Å². The number of nitrogens with one attached hydrogen (secondary N) is 1. The molecule has 0 atom stereocenters. The van der Waals surface area contributed by atoms with Crippen LogP contribution in [0.1, 0.15) is 0 Å². The second kappa shape index (κ2) is 8.90. The van der Waals surface area contributed by atoms with E-state index in [9.17, 15) is 0 Å². The minimum Gasteiger partial charge on any atom is -0.379 e. The maximum Gasteiger partial charge on any atom is 0.115 e. The van der Waals surface area contributed by atoms with E-state index in [1.807, 2.05) is 0 Å². The maximum atomic E-state index is 7.51. The molecule has 0 rings (SSSR count). The molecule has 3 nitrogen and oxygen atoms in total. The molecule has 0 aliphatic carbocycles. The van der Waals surface area contributed by atoms with E-state index >= 15 is 0 Å². The van der Waals surface area contributed by atoms with E-state index < -0.39 is 0 Å². The molecular weight excluding hydrogens is 93.5 g/mol. The molecule has 5 heavy (non-hydrogen) atoms. The summed E-state index contributed by atoms with van der Waals surface area (Å²) in [7, 11) is 0. The normalized spacial score (nSPS) is 6.00. The lowest BCUT2D eigenvalue weighted by Crippen LogP contribution is -2.05. The van der Waals surface area contributed by atoms with Crippen LogP contribution in [0.5, 0.6) is 0 Å². The highest BCUT2D eigenvalue weighted by molar-refractivity contribution is 5.85. The van der Waals surface area contributed by atoms with E-state index in [0.717, 1.165) is 0 Å². The van der Waals surface area contributed by atoms with Crippen LogP contribution in [0.2, 0.25) is 0 Å². The average Bonchev–Trinajstić information content (AvgIpc) is 1.37. The van der Waals surface area contributed by atoms with Gasteiger partial charge in [0.15, 0.2) is 0 Å². The van der Waals surface area contributed by atoms with Crippen LogP contribution in [0.25, 0.3) is 0 Å². The van der Waals surface area contributed by atoms with Gasteiger partial charge in [-0.2, -0.15) is 5.48 Å². The van der Waals surface area contributed by atoms with E-state index in [1.54, 1.807) is 0 Å². The van der Waals surface area contributed by atoms with Gasteiger partial charge in [-0.15, -0.1) is 12.4 Å². The molecule has 0 aromatic heterocycles. The first-order valence-corrected chi connectivity index (χ1v) is 0.893. The zero-order valence-electron chi connectivity index (χ0n) is 2.51. The van der Waals surface area contributed by atoms with Gasteiger partial charge in [-0.3, -0.25) is 0 Å². The van der Waals surface area contributed by atoms with E-state index in [4.69, 9.17) is 10.3 Å². The monoisotopic (exact) mass is 99.0 g/mol. The summed E-state index contributed by atoms with van der Waals surface area (Å²) >= 11 is 0. The summed E-state index contributed by atoms with van der Waals surface area (Å²) in [6.45, 7) is -0.375. The van der Waals surface area contributed by atoms with Crippen LogP contribution < -0.4 is 5.48 Å². The Bertz CT molecular complexity index is 11.6. The fourth-order valence-electron chi connectivity index (χ4n) is 0. The minimum absolute atomic E-state index is 0. The number of rotatable bonds is 1. The zero-order chi connectivity index (χ0) is 3.41. The fraction of sp³-hybridized carbons (Fsp3) is 1.00. The number of aliphatic hydroxyl groups excluding tert-OH is 1. The third kappa shape index (κ3) is 14.3. The molecule has 0 aliphatic rings. The molecule has 34 valence electrons. The first kappa shape index (κ1) is 8.95. The van der Waals surface area contributed by atoms with Crippen molar-refractivity contribution in [2.45, 2.75) is 0 Å². The summed E-state index contributed by atoms with van der Waals surface area (Å²) in [5.74, 6) is 0. The van der Waals surface area contributed by atoms with Gasteiger partial charge >= 0.3 is 0 Å². The average molecular weight is 99.5 g/mol. The van der Waals surface area contributed by atoms with Crippen molar-refractivity contribution in [2.75, 3.05) is 6.73 Å². The lowest BCUT2D eigenvalue weighted by atomic mass is 11.4. The van der Waals surface area contributed by atoms with Crippen molar-refractivity contribution in [1.82, 2.24) is 5.48 Å². The van der Waals surface area contributed by atoms with Crippen molar-refractivity contribution >= 4 is 12.4 Å². The molecule has 0 unspecified atom stereocenters. The highest BCUT2D eigenvalue weighted by Crippen LogP contribution is 1.23. The number of hydrogen-bond acceptors (Lipinski definition) is 3. The molecule has 0 aliphatic heterocycles. The minimum atomic E-state index is -0.375. The molecule has 0 aromatic rings. The smallest absolute Gasteiger partial charge is 0.115 e. The molecule has 0 saturated heterocycles. The SMILES string of the molecule is Cl.OCNO. The predicted octanol–water partition coefficient (Wildman–Crippen LogP) is -0.663. The number of halogens is 1. The summed E-state index contributed by atoms with van der Waals surface area (Å²) in [6.07, 6.45) is 0. The van der Waals surface area contributed by atoms with Crippen LogP contribution in [-0.4, -0.2) is 17.0 Å². The van der Waals surface area contributed by atoms with Gasteiger partial charge in [0, 0.05) is 0 Å². The Morgan fingerprint density at radius 3 is 1.80 bits per heavy atom. The Labute approximate surface area is 36.0 Å². The number of aliphatic hydroxyl groups is 1. The lowest BCUT2D eigenvalue weighted by molar-refractivity contribution is 0.0794. The number of hydroxylamine groups is 1. The van der Waals surface area contributed by atoms with Crippen LogP contribution in [-0.2, 0) is 0 Å². The van der Waals surface area contributed by atoms with E-state index in [1.165, 1.54) is 5.48 Å². The summed E-state index contributed by atoms with van der Waals surface area (Å²) < 4.78 is 0. The molecule has 0 radical (unpaired) electrons. The van der Waals surface area contributed by atoms with Gasteiger partial charge in [-0.1, -0.05) is 0 Å². The summed E-state index contributed by atoms with van der Waals surface area (Å²) in [6, 6.07) is 0. The van der Waals surface area contributed by atoms with Crippen molar-refractivity contribution in [3.63, 3.8) is 0 Å². The van der Waals surface area contributed by atoms with Crippen LogP contribution in [0.15, 0.2) is 0 Å². The Kier molecular flexibility index (Phi) is 15.9. The molecular formula is CH6ClNO2. The first-order valence-electron chi connectivity index (χ1n) is 0.893. The number of hydrogen-bond donors (Lipinski definition) is 3. The first-order chi connectivity index (χ1) is 1.91. The quantitative estimate of drug-likeness (QED) is 0.302.